The number of hydrogen-bond acceptors (Lipinski definition) is 7. The normalized spacial score (nSPS) is 20.2. The summed E-state index contributed by atoms with van der Waals surface area (Å²) >= 11 is 0. The number of carbonyl (C=O) groups excluding carboxylic acids is 1. The molecular weight excluding hydrogens is 314 g/mol. The largest absolute Gasteiger partial charge is 0.376 e. The van der Waals surface area contributed by atoms with Crippen LogP contribution in [-0.4, -0.2) is 40.6 Å². The Morgan fingerprint density at radius 3 is 2.92 bits per heavy atom. The summed E-state index contributed by atoms with van der Waals surface area (Å²) in [5, 5.41) is 13.3. The van der Waals surface area contributed by atoms with Crippen LogP contribution >= 0.6 is 0 Å². The predicted molar refractivity (Wildman–Crippen MR) is 81.0 cm³/mol. The molecule has 2 aliphatic rings. The number of hydrogen-bond donors (Lipinski definition) is 2. The Hall–Kier alpha value is -2.42. The minimum Gasteiger partial charge on any atom is -0.376 e. The van der Waals surface area contributed by atoms with E-state index in [1.165, 1.54) is 0 Å². The molecule has 3 heterocycles. The van der Waals surface area contributed by atoms with Gasteiger partial charge in [-0.15, -0.1) is 0 Å². The smallest absolute Gasteiger partial charge is 0.315 e. The SMILES string of the molecule is O=C(NCc1nc(-c2cc(C3CC3)on2)no1)NC[C@H]1CCCO1. The van der Waals surface area contributed by atoms with Crippen molar-refractivity contribution in [2.45, 2.75) is 44.2 Å². The topological polar surface area (TPSA) is 115 Å². The standard InChI is InChI=1S/C15H19N5O4/c21-15(16-7-10-2-1-5-22-10)17-8-13-18-14(20-24-13)11-6-12(23-19-11)9-3-4-9/h6,9-10H,1-5,7-8H2,(H2,16,17,21)/t10-/m1/s1. The highest BCUT2D eigenvalue weighted by molar-refractivity contribution is 5.73. The van der Waals surface area contributed by atoms with Crippen LogP contribution in [0.1, 0.15) is 43.3 Å². The molecule has 1 aliphatic carbocycles. The van der Waals surface area contributed by atoms with Crippen LogP contribution in [0.25, 0.3) is 11.5 Å². The third-order valence-corrected chi connectivity index (χ3v) is 4.12. The third kappa shape index (κ3) is 3.56. The summed E-state index contributed by atoms with van der Waals surface area (Å²) in [4.78, 5) is 16.0. The van der Waals surface area contributed by atoms with Gasteiger partial charge in [0, 0.05) is 25.1 Å². The van der Waals surface area contributed by atoms with E-state index in [0.29, 0.717) is 29.9 Å². The zero-order chi connectivity index (χ0) is 16.4. The van der Waals surface area contributed by atoms with Gasteiger partial charge in [0.25, 0.3) is 0 Å². The summed E-state index contributed by atoms with van der Waals surface area (Å²) in [7, 11) is 0. The lowest BCUT2D eigenvalue weighted by molar-refractivity contribution is 0.111. The first-order valence-electron chi connectivity index (χ1n) is 8.21. The van der Waals surface area contributed by atoms with Gasteiger partial charge in [-0.2, -0.15) is 4.98 Å². The zero-order valence-electron chi connectivity index (χ0n) is 13.2. The number of nitrogens with zero attached hydrogens (tertiary/aromatic N) is 3. The Morgan fingerprint density at radius 1 is 1.21 bits per heavy atom. The summed E-state index contributed by atoms with van der Waals surface area (Å²) in [6, 6.07) is 1.55. The lowest BCUT2D eigenvalue weighted by Crippen LogP contribution is -2.39. The number of amides is 2. The fourth-order valence-corrected chi connectivity index (χ4v) is 2.62. The molecule has 1 atom stereocenters. The first kappa shape index (κ1) is 15.1. The Balaban J connectivity index is 1.26. The summed E-state index contributed by atoms with van der Waals surface area (Å²) < 4.78 is 15.8. The number of aromatic nitrogens is 3. The van der Waals surface area contributed by atoms with Crippen LogP contribution in [0.2, 0.25) is 0 Å². The van der Waals surface area contributed by atoms with E-state index in [-0.39, 0.29) is 18.7 Å². The summed E-state index contributed by atoms with van der Waals surface area (Å²) in [5.41, 5.74) is 0.551. The molecule has 0 spiro atoms. The molecule has 0 radical (unpaired) electrons. The molecular formula is C15H19N5O4. The molecule has 128 valence electrons. The predicted octanol–water partition coefficient (Wildman–Crippen LogP) is 1.58. The molecule has 2 fully saturated rings. The lowest BCUT2D eigenvalue weighted by atomic mass is 10.2. The van der Waals surface area contributed by atoms with Crippen molar-refractivity contribution in [1.82, 2.24) is 25.9 Å². The molecule has 0 aromatic carbocycles. The maximum absolute atomic E-state index is 11.7. The van der Waals surface area contributed by atoms with Gasteiger partial charge in [-0.3, -0.25) is 0 Å². The molecule has 0 unspecified atom stereocenters. The minimum absolute atomic E-state index is 0.110. The summed E-state index contributed by atoms with van der Waals surface area (Å²) in [6.45, 7) is 1.42. The second-order valence-corrected chi connectivity index (χ2v) is 6.10. The second kappa shape index (κ2) is 6.60. The lowest BCUT2D eigenvalue weighted by Gasteiger charge is -2.10. The van der Waals surface area contributed by atoms with E-state index < -0.39 is 0 Å². The molecule has 24 heavy (non-hydrogen) atoms. The molecule has 4 rings (SSSR count). The first-order chi connectivity index (χ1) is 11.8. The van der Waals surface area contributed by atoms with Crippen LogP contribution in [0, 0.1) is 0 Å². The van der Waals surface area contributed by atoms with Crippen molar-refractivity contribution in [2.24, 2.45) is 0 Å². The molecule has 1 saturated carbocycles. The van der Waals surface area contributed by atoms with Crippen LogP contribution in [0.5, 0.6) is 0 Å². The second-order valence-electron chi connectivity index (χ2n) is 6.10. The van der Waals surface area contributed by atoms with Crippen LogP contribution < -0.4 is 10.6 Å². The highest BCUT2D eigenvalue weighted by atomic mass is 16.5. The van der Waals surface area contributed by atoms with E-state index in [4.69, 9.17) is 13.8 Å². The van der Waals surface area contributed by atoms with Gasteiger partial charge >= 0.3 is 6.03 Å². The summed E-state index contributed by atoms with van der Waals surface area (Å²) in [5.74, 6) is 2.02. The zero-order valence-corrected chi connectivity index (χ0v) is 13.2. The highest BCUT2D eigenvalue weighted by Crippen LogP contribution is 2.40. The number of rotatable bonds is 6. The van der Waals surface area contributed by atoms with E-state index in [2.05, 4.69) is 25.9 Å². The van der Waals surface area contributed by atoms with E-state index in [9.17, 15) is 4.79 Å². The average molecular weight is 333 g/mol. The first-order valence-corrected chi connectivity index (χ1v) is 8.21. The van der Waals surface area contributed by atoms with E-state index in [1.54, 1.807) is 0 Å². The van der Waals surface area contributed by atoms with E-state index >= 15 is 0 Å². The molecule has 9 heteroatoms. The van der Waals surface area contributed by atoms with Crippen molar-refractivity contribution in [1.29, 1.82) is 0 Å². The van der Waals surface area contributed by atoms with Crippen LogP contribution in [-0.2, 0) is 11.3 Å². The van der Waals surface area contributed by atoms with Crippen LogP contribution in [0.3, 0.4) is 0 Å². The monoisotopic (exact) mass is 333 g/mol. The Labute approximate surface area is 138 Å². The fraction of sp³-hybridized carbons (Fsp3) is 0.600. The highest BCUT2D eigenvalue weighted by Gasteiger charge is 2.28. The average Bonchev–Trinajstić information content (AvgIpc) is 3.03. The molecule has 9 nitrogen and oxygen atoms in total. The Morgan fingerprint density at radius 2 is 2.12 bits per heavy atom. The van der Waals surface area contributed by atoms with Gasteiger partial charge < -0.3 is 24.4 Å². The maximum atomic E-state index is 11.7. The van der Waals surface area contributed by atoms with Gasteiger partial charge in [-0.25, -0.2) is 4.79 Å². The van der Waals surface area contributed by atoms with Crippen molar-refractivity contribution in [2.75, 3.05) is 13.2 Å². The van der Waals surface area contributed by atoms with E-state index in [0.717, 1.165) is 38.1 Å². The van der Waals surface area contributed by atoms with Gasteiger partial charge in [0.2, 0.25) is 11.7 Å². The molecule has 1 aliphatic heterocycles. The van der Waals surface area contributed by atoms with Crippen LogP contribution in [0.15, 0.2) is 15.1 Å². The minimum atomic E-state index is -0.289. The molecule has 2 aromatic rings. The van der Waals surface area contributed by atoms with Crippen LogP contribution in [0.4, 0.5) is 4.79 Å². The van der Waals surface area contributed by atoms with Crippen molar-refractivity contribution in [3.05, 3.63) is 17.7 Å². The van der Waals surface area contributed by atoms with Crippen molar-refractivity contribution < 1.29 is 18.6 Å². The Bertz CT molecular complexity index is 702. The molecule has 2 aromatic heterocycles. The maximum Gasteiger partial charge on any atom is 0.315 e. The fourth-order valence-electron chi connectivity index (χ4n) is 2.62. The molecule has 2 N–H and O–H groups in total. The van der Waals surface area contributed by atoms with E-state index in [1.807, 2.05) is 6.07 Å². The Kier molecular flexibility index (Phi) is 4.16. The van der Waals surface area contributed by atoms with Gasteiger partial charge in [0.1, 0.15) is 5.76 Å². The van der Waals surface area contributed by atoms with Gasteiger partial charge in [0.05, 0.1) is 12.6 Å². The van der Waals surface area contributed by atoms with Gasteiger partial charge in [-0.1, -0.05) is 10.3 Å². The quantitative estimate of drug-likeness (QED) is 0.824. The van der Waals surface area contributed by atoms with Gasteiger partial charge in [-0.05, 0) is 25.7 Å². The molecule has 2 amide bonds. The molecule has 1 saturated heterocycles. The number of urea groups is 1. The summed E-state index contributed by atoms with van der Waals surface area (Å²) in [6.07, 6.45) is 4.41. The van der Waals surface area contributed by atoms with Crippen molar-refractivity contribution >= 4 is 6.03 Å². The third-order valence-electron chi connectivity index (χ3n) is 4.12. The van der Waals surface area contributed by atoms with Crippen molar-refractivity contribution in [3.8, 4) is 11.5 Å². The van der Waals surface area contributed by atoms with Crippen molar-refractivity contribution in [3.63, 3.8) is 0 Å². The number of nitrogens with one attached hydrogen (secondary N) is 2. The number of ether oxygens (including phenoxy) is 1. The number of carbonyl (C=O) groups is 1. The molecule has 0 bridgehead atoms. The van der Waals surface area contributed by atoms with Gasteiger partial charge in [0.15, 0.2) is 5.69 Å².